The number of benzene rings is 1. The zero-order chi connectivity index (χ0) is 18.0. The molecule has 5 nitrogen and oxygen atoms in total. The highest BCUT2D eigenvalue weighted by Gasteiger charge is 2.48. The Kier molecular flexibility index (Phi) is 4.97. The molecule has 1 atom stereocenters. The summed E-state index contributed by atoms with van der Waals surface area (Å²) >= 11 is 0. The van der Waals surface area contributed by atoms with Gasteiger partial charge in [0.25, 0.3) is 0 Å². The van der Waals surface area contributed by atoms with Crippen LogP contribution < -0.4 is 4.74 Å². The smallest absolute Gasteiger partial charge is 0.410 e. The second-order valence-electron chi connectivity index (χ2n) is 6.70. The van der Waals surface area contributed by atoms with Gasteiger partial charge in [-0.25, -0.2) is 13.6 Å². The van der Waals surface area contributed by atoms with Gasteiger partial charge in [0.15, 0.2) is 6.10 Å². The Hall–Kier alpha value is -2.36. The summed E-state index contributed by atoms with van der Waals surface area (Å²) < 4.78 is 39.2. The number of alkyl halides is 2. The largest absolute Gasteiger partial charge is 0.484 e. The molecular formula is C17H20F2N2O3. The minimum atomic E-state index is -3.21. The van der Waals surface area contributed by atoms with Gasteiger partial charge in [-0.2, -0.15) is 5.26 Å². The van der Waals surface area contributed by atoms with E-state index in [1.807, 2.05) is 6.07 Å². The number of ether oxygens (including phenoxy) is 2. The first-order chi connectivity index (χ1) is 11.1. The number of carbonyl (C=O) groups is 1. The molecule has 1 amide bonds. The number of piperidine rings is 1. The van der Waals surface area contributed by atoms with Gasteiger partial charge in [0.2, 0.25) is 0 Å². The van der Waals surface area contributed by atoms with Gasteiger partial charge < -0.3 is 14.4 Å². The molecule has 1 saturated heterocycles. The third kappa shape index (κ3) is 4.57. The summed E-state index contributed by atoms with van der Waals surface area (Å²) in [5, 5.41) is 8.85. The SMILES string of the molecule is CC(C)(C)OC(=O)N1CCC(Oc2cccc(C#N)c2)C(F)(F)C1. The van der Waals surface area contributed by atoms with Crippen LogP contribution in [0.1, 0.15) is 32.8 Å². The normalized spacial score (nSPS) is 20.2. The van der Waals surface area contributed by atoms with E-state index in [1.54, 1.807) is 32.9 Å². The summed E-state index contributed by atoms with van der Waals surface area (Å²) in [6.45, 7) is 4.40. The molecule has 0 radical (unpaired) electrons. The maximum atomic E-state index is 14.3. The van der Waals surface area contributed by atoms with E-state index in [1.165, 1.54) is 12.1 Å². The lowest BCUT2D eigenvalue weighted by Crippen LogP contribution is -2.56. The highest BCUT2D eigenvalue weighted by Crippen LogP contribution is 2.32. The summed E-state index contributed by atoms with van der Waals surface area (Å²) in [6.07, 6.45) is -2.14. The lowest BCUT2D eigenvalue weighted by Gasteiger charge is -2.38. The molecule has 1 fully saturated rings. The Morgan fingerprint density at radius 1 is 1.42 bits per heavy atom. The molecule has 0 aliphatic carbocycles. The van der Waals surface area contributed by atoms with Crippen LogP contribution in [0.4, 0.5) is 13.6 Å². The minimum absolute atomic E-state index is 0.0248. The van der Waals surface area contributed by atoms with Crippen molar-refractivity contribution in [3.63, 3.8) is 0 Å². The molecular weight excluding hydrogens is 318 g/mol. The predicted molar refractivity (Wildman–Crippen MR) is 82.9 cm³/mol. The number of hydrogen-bond acceptors (Lipinski definition) is 4. The standard InChI is InChI=1S/C17H20F2N2O3/c1-16(2,3)24-15(22)21-8-7-14(17(18,19)11-21)23-13-6-4-5-12(9-13)10-20/h4-6,9,14H,7-8,11H2,1-3H3. The van der Waals surface area contributed by atoms with Crippen LogP contribution in [0.5, 0.6) is 5.75 Å². The van der Waals surface area contributed by atoms with E-state index in [-0.39, 0.29) is 18.7 Å². The average Bonchev–Trinajstić information content (AvgIpc) is 2.47. The van der Waals surface area contributed by atoms with Gasteiger partial charge in [0.05, 0.1) is 18.2 Å². The molecule has 0 N–H and O–H groups in total. The van der Waals surface area contributed by atoms with Crippen LogP contribution in [0, 0.1) is 11.3 Å². The fraction of sp³-hybridized carbons (Fsp3) is 0.529. The van der Waals surface area contributed by atoms with Crippen molar-refractivity contribution >= 4 is 6.09 Å². The third-order valence-electron chi connectivity index (χ3n) is 3.43. The van der Waals surface area contributed by atoms with Crippen molar-refractivity contribution in [2.75, 3.05) is 13.1 Å². The number of nitrogens with zero attached hydrogens (tertiary/aromatic N) is 2. The maximum absolute atomic E-state index is 14.3. The Bertz CT molecular complexity index is 650. The highest BCUT2D eigenvalue weighted by molar-refractivity contribution is 5.68. The Balaban J connectivity index is 2.03. The van der Waals surface area contributed by atoms with Crippen LogP contribution in [0.15, 0.2) is 24.3 Å². The zero-order valence-electron chi connectivity index (χ0n) is 13.9. The minimum Gasteiger partial charge on any atom is -0.484 e. The fourth-order valence-corrected chi connectivity index (χ4v) is 2.35. The summed E-state index contributed by atoms with van der Waals surface area (Å²) in [4.78, 5) is 12.9. The first-order valence-corrected chi connectivity index (χ1v) is 7.63. The van der Waals surface area contributed by atoms with Crippen LogP contribution >= 0.6 is 0 Å². The highest BCUT2D eigenvalue weighted by atomic mass is 19.3. The van der Waals surface area contributed by atoms with Crippen LogP contribution in [-0.2, 0) is 4.74 Å². The lowest BCUT2D eigenvalue weighted by molar-refractivity contribution is -0.137. The monoisotopic (exact) mass is 338 g/mol. The van der Waals surface area contributed by atoms with Crippen molar-refractivity contribution in [1.82, 2.24) is 4.90 Å². The van der Waals surface area contributed by atoms with Crippen molar-refractivity contribution in [2.45, 2.75) is 44.8 Å². The number of amides is 1. The van der Waals surface area contributed by atoms with Crippen molar-refractivity contribution in [1.29, 1.82) is 5.26 Å². The van der Waals surface area contributed by atoms with E-state index >= 15 is 0 Å². The van der Waals surface area contributed by atoms with Crippen molar-refractivity contribution in [3.05, 3.63) is 29.8 Å². The van der Waals surface area contributed by atoms with Gasteiger partial charge in [0.1, 0.15) is 11.4 Å². The summed E-state index contributed by atoms with van der Waals surface area (Å²) in [7, 11) is 0. The van der Waals surface area contributed by atoms with Gasteiger partial charge in [-0.15, -0.1) is 0 Å². The first-order valence-electron chi connectivity index (χ1n) is 7.63. The number of rotatable bonds is 2. The zero-order valence-corrected chi connectivity index (χ0v) is 13.9. The predicted octanol–water partition coefficient (Wildman–Crippen LogP) is 3.58. The van der Waals surface area contributed by atoms with Crippen LogP contribution in [0.25, 0.3) is 0 Å². The second-order valence-corrected chi connectivity index (χ2v) is 6.70. The van der Waals surface area contributed by atoms with Crippen molar-refractivity contribution in [3.8, 4) is 11.8 Å². The number of hydrogen-bond donors (Lipinski definition) is 0. The van der Waals surface area contributed by atoms with Crippen LogP contribution in [0.2, 0.25) is 0 Å². The number of halogens is 2. The quantitative estimate of drug-likeness (QED) is 0.827. The van der Waals surface area contributed by atoms with E-state index in [0.717, 1.165) is 4.90 Å². The molecule has 1 aromatic rings. The molecule has 7 heteroatoms. The number of likely N-dealkylation sites (tertiary alicyclic amines) is 1. The Morgan fingerprint density at radius 2 is 2.12 bits per heavy atom. The van der Waals surface area contributed by atoms with Crippen LogP contribution in [-0.4, -0.2) is 41.7 Å². The molecule has 24 heavy (non-hydrogen) atoms. The summed E-state index contributed by atoms with van der Waals surface area (Å²) in [6, 6.07) is 8.01. The molecule has 1 aliphatic heterocycles. The Labute approximate surface area is 139 Å². The Morgan fingerprint density at radius 3 is 2.71 bits per heavy atom. The van der Waals surface area contributed by atoms with Gasteiger partial charge in [-0.05, 0) is 39.0 Å². The van der Waals surface area contributed by atoms with Crippen molar-refractivity contribution < 1.29 is 23.0 Å². The van der Waals surface area contributed by atoms with E-state index < -0.39 is 30.3 Å². The number of nitriles is 1. The van der Waals surface area contributed by atoms with Crippen molar-refractivity contribution in [2.24, 2.45) is 0 Å². The lowest BCUT2D eigenvalue weighted by atomic mass is 10.0. The molecule has 0 aromatic heterocycles. The molecule has 1 heterocycles. The first kappa shape index (κ1) is 18.0. The molecule has 1 aromatic carbocycles. The number of carbonyl (C=O) groups excluding carboxylic acids is 1. The van der Waals surface area contributed by atoms with Crippen LogP contribution in [0.3, 0.4) is 0 Å². The molecule has 2 rings (SSSR count). The summed E-state index contributed by atoms with van der Waals surface area (Å²) in [5.74, 6) is -3.00. The molecule has 0 saturated carbocycles. The molecule has 1 aliphatic rings. The topological polar surface area (TPSA) is 62.6 Å². The summed E-state index contributed by atoms with van der Waals surface area (Å²) in [5.41, 5.74) is -0.403. The fourth-order valence-electron chi connectivity index (χ4n) is 2.35. The van der Waals surface area contributed by atoms with Gasteiger partial charge in [0, 0.05) is 13.0 Å². The van der Waals surface area contributed by atoms with Gasteiger partial charge in [-0.1, -0.05) is 6.07 Å². The van der Waals surface area contributed by atoms with E-state index in [0.29, 0.717) is 5.56 Å². The van der Waals surface area contributed by atoms with E-state index in [2.05, 4.69) is 0 Å². The van der Waals surface area contributed by atoms with Gasteiger partial charge in [-0.3, -0.25) is 0 Å². The van der Waals surface area contributed by atoms with Gasteiger partial charge >= 0.3 is 12.0 Å². The maximum Gasteiger partial charge on any atom is 0.410 e. The van der Waals surface area contributed by atoms with E-state index in [4.69, 9.17) is 14.7 Å². The molecule has 0 bridgehead atoms. The third-order valence-corrected chi connectivity index (χ3v) is 3.43. The molecule has 0 spiro atoms. The average molecular weight is 338 g/mol. The van der Waals surface area contributed by atoms with E-state index in [9.17, 15) is 13.6 Å². The molecule has 130 valence electrons. The second kappa shape index (κ2) is 6.63. The molecule has 1 unspecified atom stereocenters.